The van der Waals surface area contributed by atoms with Gasteiger partial charge in [-0.1, -0.05) is 60.7 Å². The summed E-state index contributed by atoms with van der Waals surface area (Å²) >= 11 is 0. The molecule has 2 aromatic carbocycles. The zero-order chi connectivity index (χ0) is 19.1. The number of hydrogen-bond donors (Lipinski definition) is 2. The number of hydrogen-bond acceptors (Lipinski definition) is 3. The molecule has 0 radical (unpaired) electrons. The standard InChI is InChI=1S/C23H30N2O2/c1-2-24-22(26)15-18-25-16-13-21(14-17-25)23(27,19-9-5-3-6-10-19)20-11-7-4-8-12-20/h3-12,21,27H,2,13-18H2,1H3,(H,24,26). The third-order valence-electron chi connectivity index (χ3n) is 5.64. The number of nitrogens with one attached hydrogen (secondary N) is 1. The van der Waals surface area contributed by atoms with Crippen molar-refractivity contribution in [3.05, 3.63) is 71.8 Å². The van der Waals surface area contributed by atoms with Gasteiger partial charge in [0.15, 0.2) is 0 Å². The number of likely N-dealkylation sites (tertiary alicyclic amines) is 1. The van der Waals surface area contributed by atoms with Crippen molar-refractivity contribution < 1.29 is 9.90 Å². The van der Waals surface area contributed by atoms with Gasteiger partial charge in [0.1, 0.15) is 5.60 Å². The number of rotatable bonds is 7. The molecule has 3 rings (SSSR count). The summed E-state index contributed by atoms with van der Waals surface area (Å²) in [7, 11) is 0. The van der Waals surface area contributed by atoms with E-state index in [4.69, 9.17) is 0 Å². The fraction of sp³-hybridized carbons (Fsp3) is 0.435. The molecule has 0 unspecified atom stereocenters. The summed E-state index contributed by atoms with van der Waals surface area (Å²) < 4.78 is 0. The maximum Gasteiger partial charge on any atom is 0.221 e. The third-order valence-corrected chi connectivity index (χ3v) is 5.64. The first-order valence-electron chi connectivity index (χ1n) is 9.97. The van der Waals surface area contributed by atoms with Crippen LogP contribution < -0.4 is 5.32 Å². The van der Waals surface area contributed by atoms with E-state index in [0.29, 0.717) is 13.0 Å². The molecule has 0 aliphatic carbocycles. The normalized spacial score (nSPS) is 16.2. The second-order valence-corrected chi connectivity index (χ2v) is 7.32. The van der Waals surface area contributed by atoms with Crippen LogP contribution in [0.1, 0.15) is 37.3 Å². The molecule has 0 spiro atoms. The number of carbonyl (C=O) groups excluding carboxylic acids is 1. The number of carbonyl (C=O) groups is 1. The van der Waals surface area contributed by atoms with Crippen LogP contribution in [-0.2, 0) is 10.4 Å². The van der Waals surface area contributed by atoms with E-state index in [1.165, 1.54) is 0 Å². The Balaban J connectivity index is 1.72. The number of nitrogens with zero attached hydrogens (tertiary/aromatic N) is 1. The largest absolute Gasteiger partial charge is 0.380 e. The predicted molar refractivity (Wildman–Crippen MR) is 108 cm³/mol. The van der Waals surface area contributed by atoms with E-state index in [0.717, 1.165) is 43.6 Å². The molecule has 1 aliphatic heterocycles. The molecule has 0 bridgehead atoms. The van der Waals surface area contributed by atoms with Crippen LogP contribution in [0.15, 0.2) is 60.7 Å². The van der Waals surface area contributed by atoms with Gasteiger partial charge >= 0.3 is 0 Å². The molecule has 1 amide bonds. The van der Waals surface area contributed by atoms with Crippen LogP contribution in [-0.4, -0.2) is 42.1 Å². The zero-order valence-electron chi connectivity index (χ0n) is 16.1. The maximum absolute atomic E-state index is 11.9. The van der Waals surface area contributed by atoms with E-state index in [1.807, 2.05) is 67.6 Å². The van der Waals surface area contributed by atoms with Crippen molar-refractivity contribution in [1.29, 1.82) is 0 Å². The first-order chi connectivity index (χ1) is 13.1. The van der Waals surface area contributed by atoms with Crippen molar-refractivity contribution in [2.24, 2.45) is 5.92 Å². The fourth-order valence-electron chi connectivity index (χ4n) is 4.14. The number of piperidine rings is 1. The molecular formula is C23H30N2O2. The number of benzene rings is 2. The van der Waals surface area contributed by atoms with Gasteiger partial charge in [0.2, 0.25) is 5.91 Å². The quantitative estimate of drug-likeness (QED) is 0.791. The van der Waals surface area contributed by atoms with Gasteiger partial charge in [0.25, 0.3) is 0 Å². The van der Waals surface area contributed by atoms with E-state index >= 15 is 0 Å². The topological polar surface area (TPSA) is 52.6 Å². The summed E-state index contributed by atoms with van der Waals surface area (Å²) in [5.41, 5.74) is 0.933. The smallest absolute Gasteiger partial charge is 0.221 e. The molecule has 0 atom stereocenters. The molecule has 0 saturated carbocycles. The molecule has 1 aliphatic rings. The Labute approximate surface area is 162 Å². The zero-order valence-corrected chi connectivity index (χ0v) is 16.1. The third kappa shape index (κ3) is 4.57. The van der Waals surface area contributed by atoms with Gasteiger partial charge in [0, 0.05) is 19.5 Å². The first kappa shape index (κ1) is 19.6. The first-order valence-corrected chi connectivity index (χ1v) is 9.97. The average Bonchev–Trinajstić information content (AvgIpc) is 2.73. The van der Waals surface area contributed by atoms with Crippen LogP contribution in [0.5, 0.6) is 0 Å². The summed E-state index contributed by atoms with van der Waals surface area (Å²) in [5.74, 6) is 0.271. The lowest BCUT2D eigenvalue weighted by molar-refractivity contribution is -0.121. The Bertz CT molecular complexity index is 670. The van der Waals surface area contributed by atoms with E-state index in [2.05, 4.69) is 10.2 Å². The highest BCUT2D eigenvalue weighted by molar-refractivity contribution is 5.75. The highest BCUT2D eigenvalue weighted by Gasteiger charge is 2.41. The van der Waals surface area contributed by atoms with Crippen LogP contribution in [0, 0.1) is 5.92 Å². The minimum absolute atomic E-state index is 0.115. The van der Waals surface area contributed by atoms with Crippen molar-refractivity contribution in [3.8, 4) is 0 Å². The molecule has 1 saturated heterocycles. The summed E-state index contributed by atoms with van der Waals surface area (Å²) in [6.07, 6.45) is 2.37. The Kier molecular flexibility index (Phi) is 6.64. The molecule has 2 aromatic rings. The van der Waals surface area contributed by atoms with E-state index < -0.39 is 5.60 Å². The minimum atomic E-state index is -0.978. The highest BCUT2D eigenvalue weighted by atomic mass is 16.3. The Hall–Kier alpha value is -2.17. The monoisotopic (exact) mass is 366 g/mol. The van der Waals surface area contributed by atoms with Crippen LogP contribution >= 0.6 is 0 Å². The number of amides is 1. The van der Waals surface area contributed by atoms with Gasteiger partial charge in [-0.2, -0.15) is 0 Å². The molecule has 0 aromatic heterocycles. The van der Waals surface area contributed by atoms with Crippen molar-refractivity contribution in [2.45, 2.75) is 31.8 Å². The Morgan fingerprint density at radius 1 is 1.04 bits per heavy atom. The van der Waals surface area contributed by atoms with E-state index in [9.17, 15) is 9.90 Å². The van der Waals surface area contributed by atoms with Gasteiger partial charge in [-0.25, -0.2) is 0 Å². The molecular weight excluding hydrogens is 336 g/mol. The minimum Gasteiger partial charge on any atom is -0.380 e. The van der Waals surface area contributed by atoms with Gasteiger partial charge in [-0.15, -0.1) is 0 Å². The fourth-order valence-corrected chi connectivity index (χ4v) is 4.14. The van der Waals surface area contributed by atoms with Crippen LogP contribution in [0.2, 0.25) is 0 Å². The summed E-state index contributed by atoms with van der Waals surface area (Å²) in [4.78, 5) is 14.0. The summed E-state index contributed by atoms with van der Waals surface area (Å²) in [6.45, 7) is 5.23. The summed E-state index contributed by atoms with van der Waals surface area (Å²) in [5, 5.41) is 14.7. The van der Waals surface area contributed by atoms with Gasteiger partial charge < -0.3 is 15.3 Å². The molecule has 4 heteroatoms. The van der Waals surface area contributed by atoms with E-state index in [-0.39, 0.29) is 11.8 Å². The lowest BCUT2D eigenvalue weighted by atomic mass is 9.72. The number of aliphatic hydroxyl groups is 1. The lowest BCUT2D eigenvalue weighted by Crippen LogP contribution is -2.45. The van der Waals surface area contributed by atoms with Crippen molar-refractivity contribution in [1.82, 2.24) is 10.2 Å². The molecule has 144 valence electrons. The second-order valence-electron chi connectivity index (χ2n) is 7.32. The maximum atomic E-state index is 11.9. The van der Waals surface area contributed by atoms with Crippen molar-refractivity contribution in [2.75, 3.05) is 26.2 Å². The molecule has 1 heterocycles. The van der Waals surface area contributed by atoms with Crippen molar-refractivity contribution in [3.63, 3.8) is 0 Å². The predicted octanol–water partition coefficient (Wildman–Crippen LogP) is 3.16. The summed E-state index contributed by atoms with van der Waals surface area (Å²) in [6, 6.07) is 20.0. The molecule has 27 heavy (non-hydrogen) atoms. The molecule has 2 N–H and O–H groups in total. The van der Waals surface area contributed by atoms with Gasteiger partial charge in [-0.3, -0.25) is 4.79 Å². The Morgan fingerprint density at radius 3 is 2.04 bits per heavy atom. The second kappa shape index (κ2) is 9.16. The molecule has 4 nitrogen and oxygen atoms in total. The molecule has 1 fully saturated rings. The Morgan fingerprint density at radius 2 is 1.56 bits per heavy atom. The van der Waals surface area contributed by atoms with Crippen LogP contribution in [0.4, 0.5) is 0 Å². The lowest BCUT2D eigenvalue weighted by Gasteiger charge is -2.42. The van der Waals surface area contributed by atoms with Gasteiger partial charge in [0.05, 0.1) is 0 Å². The van der Waals surface area contributed by atoms with Crippen LogP contribution in [0.3, 0.4) is 0 Å². The van der Waals surface area contributed by atoms with Gasteiger partial charge in [-0.05, 0) is 49.9 Å². The highest BCUT2D eigenvalue weighted by Crippen LogP contribution is 2.41. The van der Waals surface area contributed by atoms with E-state index in [1.54, 1.807) is 0 Å². The van der Waals surface area contributed by atoms with Crippen LogP contribution in [0.25, 0.3) is 0 Å². The average molecular weight is 367 g/mol. The van der Waals surface area contributed by atoms with Crippen molar-refractivity contribution >= 4 is 5.91 Å². The SMILES string of the molecule is CCNC(=O)CCN1CCC(C(O)(c2ccccc2)c2ccccc2)CC1.